The summed E-state index contributed by atoms with van der Waals surface area (Å²) in [6.07, 6.45) is -4.71. The first-order chi connectivity index (χ1) is 19.0. The number of rotatable bonds is 11. The maximum absolute atomic E-state index is 13.1. The summed E-state index contributed by atoms with van der Waals surface area (Å²) in [5.74, 6) is -0.240. The molecule has 1 unspecified atom stereocenters. The molecule has 2 N–H and O–H groups in total. The Morgan fingerprint density at radius 2 is 1.88 bits per heavy atom. The second-order valence-electron chi connectivity index (χ2n) is 8.85. The van der Waals surface area contributed by atoms with Gasteiger partial charge in [-0.15, -0.1) is 0 Å². The lowest BCUT2D eigenvalue weighted by atomic mass is 9.99. The summed E-state index contributed by atoms with van der Waals surface area (Å²) >= 11 is 1.29. The summed E-state index contributed by atoms with van der Waals surface area (Å²) in [5, 5.41) is 10.1. The molecule has 1 aromatic heterocycles. The SMILES string of the molecule is CSCC(=O)Nc1c2c(nn1-c1ccc(C(F)F)cc1)CC(CCOc1cccc(OCC(F)(F)F)c1)NC2=O. The van der Waals surface area contributed by atoms with Gasteiger partial charge in [-0.3, -0.25) is 9.59 Å². The molecule has 0 radical (unpaired) electrons. The highest BCUT2D eigenvalue weighted by molar-refractivity contribution is 7.99. The number of aromatic nitrogens is 2. The molecule has 0 aliphatic carbocycles. The number of hydrogen-bond acceptors (Lipinski definition) is 6. The van der Waals surface area contributed by atoms with E-state index in [1.165, 1.54) is 58.9 Å². The molecular formula is C26H25F5N4O4S. The lowest BCUT2D eigenvalue weighted by molar-refractivity contribution is -0.153. The van der Waals surface area contributed by atoms with Gasteiger partial charge in [0.1, 0.15) is 22.9 Å². The zero-order valence-corrected chi connectivity index (χ0v) is 22.0. The van der Waals surface area contributed by atoms with Gasteiger partial charge in [-0.2, -0.15) is 30.0 Å². The topological polar surface area (TPSA) is 94.5 Å². The molecule has 2 aromatic carbocycles. The molecule has 0 fully saturated rings. The van der Waals surface area contributed by atoms with Gasteiger partial charge in [-0.05, 0) is 30.5 Å². The van der Waals surface area contributed by atoms with Gasteiger partial charge in [0.25, 0.3) is 12.3 Å². The molecule has 1 aliphatic heterocycles. The number of ether oxygens (including phenoxy) is 2. The minimum absolute atomic E-state index is 0.00797. The molecule has 2 amide bonds. The largest absolute Gasteiger partial charge is 0.493 e. The molecule has 14 heteroatoms. The number of fused-ring (bicyclic) bond motifs is 1. The van der Waals surface area contributed by atoms with E-state index in [1.807, 2.05) is 0 Å². The molecule has 1 aliphatic rings. The number of alkyl halides is 5. The van der Waals surface area contributed by atoms with Gasteiger partial charge in [0.15, 0.2) is 6.61 Å². The lowest BCUT2D eigenvalue weighted by Crippen LogP contribution is -2.42. The van der Waals surface area contributed by atoms with Crippen molar-refractivity contribution in [1.82, 2.24) is 15.1 Å². The third-order valence-corrected chi connectivity index (χ3v) is 6.38. The number of hydrogen-bond donors (Lipinski definition) is 2. The van der Waals surface area contributed by atoms with E-state index >= 15 is 0 Å². The molecule has 3 aromatic rings. The van der Waals surface area contributed by atoms with Crippen molar-refractivity contribution in [2.75, 3.05) is 30.5 Å². The Morgan fingerprint density at radius 3 is 2.52 bits per heavy atom. The van der Waals surface area contributed by atoms with Crippen LogP contribution < -0.4 is 20.1 Å². The van der Waals surface area contributed by atoms with E-state index < -0.39 is 25.1 Å². The predicted octanol–water partition coefficient (Wildman–Crippen LogP) is 5.18. The number of halogens is 5. The minimum Gasteiger partial charge on any atom is -0.493 e. The number of carbonyl (C=O) groups excluding carboxylic acids is 2. The molecule has 4 rings (SSSR count). The van der Waals surface area contributed by atoms with E-state index in [9.17, 15) is 31.5 Å². The van der Waals surface area contributed by atoms with E-state index in [1.54, 1.807) is 12.3 Å². The van der Waals surface area contributed by atoms with Gasteiger partial charge in [-0.1, -0.05) is 18.2 Å². The van der Waals surface area contributed by atoms with E-state index in [-0.39, 0.29) is 47.0 Å². The Labute approximate surface area is 230 Å². The van der Waals surface area contributed by atoms with Crippen LogP contribution in [-0.2, 0) is 11.2 Å². The van der Waals surface area contributed by atoms with Crippen LogP contribution in [0.25, 0.3) is 5.69 Å². The molecule has 1 atom stereocenters. The van der Waals surface area contributed by atoms with Crippen molar-refractivity contribution in [1.29, 1.82) is 0 Å². The van der Waals surface area contributed by atoms with E-state index in [0.29, 0.717) is 30.0 Å². The lowest BCUT2D eigenvalue weighted by Gasteiger charge is -2.23. The maximum atomic E-state index is 13.1. The fourth-order valence-corrected chi connectivity index (χ4v) is 4.40. The van der Waals surface area contributed by atoms with E-state index in [4.69, 9.17) is 9.47 Å². The average molecular weight is 585 g/mol. The first kappa shape index (κ1) is 29.2. The number of anilines is 1. The molecule has 0 bridgehead atoms. The van der Waals surface area contributed by atoms with Gasteiger partial charge in [0.2, 0.25) is 5.91 Å². The van der Waals surface area contributed by atoms with Crippen LogP contribution in [0.1, 0.15) is 34.5 Å². The minimum atomic E-state index is -4.46. The molecule has 0 spiro atoms. The molecule has 40 heavy (non-hydrogen) atoms. The van der Waals surface area contributed by atoms with Gasteiger partial charge < -0.3 is 20.1 Å². The van der Waals surface area contributed by atoms with Crippen LogP contribution in [-0.4, -0.2) is 59.0 Å². The average Bonchev–Trinajstić information content (AvgIpc) is 3.26. The number of carbonyl (C=O) groups is 2. The first-order valence-corrected chi connectivity index (χ1v) is 13.5. The van der Waals surface area contributed by atoms with Crippen molar-refractivity contribution >= 4 is 29.4 Å². The van der Waals surface area contributed by atoms with Crippen molar-refractivity contribution in [3.8, 4) is 17.2 Å². The molecule has 8 nitrogen and oxygen atoms in total. The first-order valence-electron chi connectivity index (χ1n) is 12.1. The number of thioether (sulfide) groups is 1. The van der Waals surface area contributed by atoms with Crippen LogP contribution in [0.4, 0.5) is 27.8 Å². The van der Waals surface area contributed by atoms with Crippen molar-refractivity contribution < 1.29 is 41.0 Å². The van der Waals surface area contributed by atoms with Crippen LogP contribution in [0.2, 0.25) is 0 Å². The highest BCUT2D eigenvalue weighted by Crippen LogP contribution is 2.30. The summed E-state index contributed by atoms with van der Waals surface area (Å²) in [6.45, 7) is -1.29. The van der Waals surface area contributed by atoms with Crippen molar-refractivity contribution in [2.24, 2.45) is 0 Å². The second-order valence-corrected chi connectivity index (χ2v) is 9.71. The molecule has 2 heterocycles. The van der Waals surface area contributed by atoms with Crippen molar-refractivity contribution in [3.05, 3.63) is 65.4 Å². The highest BCUT2D eigenvalue weighted by Gasteiger charge is 2.33. The fraction of sp³-hybridized carbons (Fsp3) is 0.346. The molecule has 0 saturated heterocycles. The zero-order valence-electron chi connectivity index (χ0n) is 21.1. The summed E-state index contributed by atoms with van der Waals surface area (Å²) in [7, 11) is 0. The third-order valence-electron chi connectivity index (χ3n) is 5.83. The van der Waals surface area contributed by atoms with Crippen LogP contribution in [0, 0.1) is 0 Å². The molecular weight excluding hydrogens is 559 g/mol. The fourth-order valence-electron chi connectivity index (χ4n) is 4.06. The molecule has 0 saturated carbocycles. The zero-order chi connectivity index (χ0) is 28.9. The number of nitrogens with one attached hydrogen (secondary N) is 2. The summed E-state index contributed by atoms with van der Waals surface area (Å²) in [5.41, 5.74) is 0.801. The quantitative estimate of drug-likeness (QED) is 0.302. The van der Waals surface area contributed by atoms with Crippen molar-refractivity contribution in [2.45, 2.75) is 31.5 Å². The number of nitrogens with zero attached hydrogens (tertiary/aromatic N) is 2. The highest BCUT2D eigenvalue weighted by atomic mass is 32.2. The molecule has 214 valence electrons. The van der Waals surface area contributed by atoms with Gasteiger partial charge in [-0.25, -0.2) is 13.5 Å². The monoisotopic (exact) mass is 584 g/mol. The maximum Gasteiger partial charge on any atom is 0.422 e. The summed E-state index contributed by atoms with van der Waals surface area (Å²) in [6, 6.07) is 10.8. The number of benzene rings is 2. The normalized spacial score (nSPS) is 15.0. The second kappa shape index (κ2) is 12.6. The summed E-state index contributed by atoms with van der Waals surface area (Å²) in [4.78, 5) is 25.5. The van der Waals surface area contributed by atoms with Gasteiger partial charge in [0.05, 0.1) is 23.7 Å². The van der Waals surface area contributed by atoms with Crippen LogP contribution in [0.3, 0.4) is 0 Å². The van der Waals surface area contributed by atoms with Gasteiger partial charge in [0, 0.05) is 30.5 Å². The summed E-state index contributed by atoms with van der Waals surface area (Å²) < 4.78 is 75.0. The van der Waals surface area contributed by atoms with Crippen LogP contribution in [0.15, 0.2) is 48.5 Å². The Hall–Kier alpha value is -3.81. The van der Waals surface area contributed by atoms with E-state index in [2.05, 4.69) is 15.7 Å². The van der Waals surface area contributed by atoms with Crippen LogP contribution in [0.5, 0.6) is 11.5 Å². The van der Waals surface area contributed by atoms with Crippen LogP contribution >= 0.6 is 11.8 Å². The van der Waals surface area contributed by atoms with Gasteiger partial charge >= 0.3 is 6.18 Å². The Bertz CT molecular complexity index is 1350. The third kappa shape index (κ3) is 7.43. The van der Waals surface area contributed by atoms with Crippen molar-refractivity contribution in [3.63, 3.8) is 0 Å². The predicted molar refractivity (Wildman–Crippen MR) is 139 cm³/mol. The van der Waals surface area contributed by atoms with E-state index in [0.717, 1.165) is 0 Å². The standard InChI is InChI=1S/C26H25F5N4O4S/c1-40-13-21(36)33-24-22-20(34-35(24)17-7-5-15(6-8-17)23(27)28)11-16(32-25(22)37)9-10-38-18-3-2-4-19(12-18)39-14-26(29,30)31/h2-8,12,16,23H,9-11,13-14H2,1H3,(H,32,37)(H,33,36). The Kier molecular flexibility index (Phi) is 9.17. The Balaban J connectivity index is 1.47. The smallest absolute Gasteiger partial charge is 0.422 e. The Morgan fingerprint density at radius 1 is 1.18 bits per heavy atom. The number of amides is 2.